The summed E-state index contributed by atoms with van der Waals surface area (Å²) in [5.74, 6) is 1.41. The van der Waals surface area contributed by atoms with Crippen LogP contribution in [0.2, 0.25) is 0 Å². The van der Waals surface area contributed by atoms with E-state index in [4.69, 9.17) is 4.74 Å². The van der Waals surface area contributed by atoms with Gasteiger partial charge in [-0.05, 0) is 50.1 Å². The molecule has 7 nitrogen and oxygen atoms in total. The maximum Gasteiger partial charge on any atom is 0.240 e. The molecule has 0 unspecified atom stereocenters. The SMILES string of the molecule is CCOc1ccc([C@@H]2Nn3c(nnc3-c3ccccc3)S[C@@H]2C(=O)Nc2ccc(C)cc2C)cc1. The molecule has 0 saturated carbocycles. The molecule has 35 heavy (non-hydrogen) atoms. The molecule has 0 saturated heterocycles. The predicted molar refractivity (Wildman–Crippen MR) is 139 cm³/mol. The zero-order valence-corrected chi connectivity index (χ0v) is 20.7. The fourth-order valence-electron chi connectivity index (χ4n) is 4.18. The van der Waals surface area contributed by atoms with Gasteiger partial charge in [0.05, 0.1) is 12.6 Å². The van der Waals surface area contributed by atoms with Crippen LogP contribution in [0.4, 0.5) is 5.69 Å². The van der Waals surface area contributed by atoms with E-state index in [2.05, 4.69) is 27.0 Å². The number of anilines is 1. The van der Waals surface area contributed by atoms with E-state index in [0.29, 0.717) is 17.6 Å². The fraction of sp³-hybridized carbons (Fsp3) is 0.222. The predicted octanol–water partition coefficient (Wildman–Crippen LogP) is 5.36. The molecule has 1 aliphatic rings. The lowest BCUT2D eigenvalue weighted by molar-refractivity contribution is -0.116. The molecule has 3 aromatic carbocycles. The highest BCUT2D eigenvalue weighted by atomic mass is 32.2. The quantitative estimate of drug-likeness (QED) is 0.383. The summed E-state index contributed by atoms with van der Waals surface area (Å²) in [5, 5.41) is 12.1. The fourth-order valence-corrected chi connectivity index (χ4v) is 5.25. The first kappa shape index (κ1) is 23.0. The molecule has 4 aromatic rings. The van der Waals surface area contributed by atoms with Gasteiger partial charge in [-0.15, -0.1) is 10.2 Å². The summed E-state index contributed by atoms with van der Waals surface area (Å²) in [6, 6.07) is 23.5. The number of hydrogen-bond donors (Lipinski definition) is 2. The third kappa shape index (κ3) is 4.74. The van der Waals surface area contributed by atoms with Crippen molar-refractivity contribution in [1.82, 2.24) is 14.9 Å². The number of benzene rings is 3. The monoisotopic (exact) mass is 485 g/mol. The van der Waals surface area contributed by atoms with Gasteiger partial charge in [0.1, 0.15) is 11.0 Å². The Morgan fingerprint density at radius 3 is 2.54 bits per heavy atom. The molecule has 0 fully saturated rings. The second kappa shape index (κ2) is 9.84. The van der Waals surface area contributed by atoms with Crippen LogP contribution < -0.4 is 15.5 Å². The number of aromatic nitrogens is 3. The number of nitrogens with zero attached hydrogens (tertiary/aromatic N) is 3. The molecule has 1 amide bonds. The van der Waals surface area contributed by atoms with Gasteiger partial charge in [0, 0.05) is 11.3 Å². The van der Waals surface area contributed by atoms with Crippen LogP contribution in [0.25, 0.3) is 11.4 Å². The van der Waals surface area contributed by atoms with Gasteiger partial charge in [0.25, 0.3) is 0 Å². The summed E-state index contributed by atoms with van der Waals surface area (Å²) in [7, 11) is 0. The molecule has 8 heteroatoms. The maximum absolute atomic E-state index is 13.6. The molecule has 2 atom stereocenters. The van der Waals surface area contributed by atoms with Crippen molar-refractivity contribution in [2.75, 3.05) is 17.3 Å². The Bertz CT molecular complexity index is 1340. The lowest BCUT2D eigenvalue weighted by atomic mass is 10.0. The van der Waals surface area contributed by atoms with Gasteiger partial charge in [-0.2, -0.15) is 0 Å². The zero-order chi connectivity index (χ0) is 24.4. The Labute approximate surface area is 208 Å². The number of carbonyl (C=O) groups is 1. The molecule has 0 spiro atoms. The molecule has 178 valence electrons. The van der Waals surface area contributed by atoms with E-state index in [9.17, 15) is 4.79 Å². The summed E-state index contributed by atoms with van der Waals surface area (Å²) in [5.41, 5.74) is 8.43. The van der Waals surface area contributed by atoms with Crippen LogP contribution in [0.5, 0.6) is 5.75 Å². The number of aryl methyl sites for hydroxylation is 2. The average molecular weight is 486 g/mol. The molecular weight excluding hydrogens is 458 g/mol. The first-order valence-electron chi connectivity index (χ1n) is 11.6. The van der Waals surface area contributed by atoms with Crippen LogP contribution in [0.15, 0.2) is 78.0 Å². The third-order valence-electron chi connectivity index (χ3n) is 5.92. The standard InChI is InChI=1S/C27H27N5O2S/c1-4-34-21-13-11-19(12-14-21)23-24(26(33)28-22-15-10-17(2)16-18(22)3)35-27-30-29-25(32(27)31-23)20-8-6-5-7-9-20/h5-16,23-24,31H,4H2,1-3H3,(H,28,33)/t23-,24-/m0/s1. The minimum atomic E-state index is -0.464. The topological polar surface area (TPSA) is 81.1 Å². The van der Waals surface area contributed by atoms with Gasteiger partial charge in [-0.1, -0.05) is 71.9 Å². The van der Waals surface area contributed by atoms with E-state index >= 15 is 0 Å². The molecule has 0 aliphatic carbocycles. The van der Waals surface area contributed by atoms with Crippen molar-refractivity contribution < 1.29 is 9.53 Å². The Morgan fingerprint density at radius 1 is 1.06 bits per heavy atom. The number of hydrogen-bond acceptors (Lipinski definition) is 6. The Kier molecular flexibility index (Phi) is 6.46. The summed E-state index contributed by atoms with van der Waals surface area (Å²) in [6.07, 6.45) is 0. The summed E-state index contributed by atoms with van der Waals surface area (Å²) in [6.45, 7) is 6.60. The smallest absolute Gasteiger partial charge is 0.240 e. The van der Waals surface area contributed by atoms with Crippen molar-refractivity contribution in [3.8, 4) is 17.1 Å². The Hall–Kier alpha value is -3.78. The molecule has 0 bridgehead atoms. The van der Waals surface area contributed by atoms with Gasteiger partial charge < -0.3 is 15.5 Å². The van der Waals surface area contributed by atoms with Crippen molar-refractivity contribution in [1.29, 1.82) is 0 Å². The lowest BCUT2D eigenvalue weighted by Gasteiger charge is -2.33. The summed E-state index contributed by atoms with van der Waals surface area (Å²) >= 11 is 1.41. The second-order valence-corrected chi connectivity index (χ2v) is 9.57. The van der Waals surface area contributed by atoms with E-state index < -0.39 is 5.25 Å². The highest BCUT2D eigenvalue weighted by molar-refractivity contribution is 8.00. The summed E-state index contributed by atoms with van der Waals surface area (Å²) in [4.78, 5) is 13.6. The number of fused-ring (bicyclic) bond motifs is 1. The summed E-state index contributed by atoms with van der Waals surface area (Å²) < 4.78 is 7.49. The Morgan fingerprint density at radius 2 is 1.83 bits per heavy atom. The van der Waals surface area contributed by atoms with Gasteiger partial charge in [-0.3, -0.25) is 4.79 Å². The van der Waals surface area contributed by atoms with E-state index in [1.807, 2.05) is 92.2 Å². The van der Waals surface area contributed by atoms with Crippen LogP contribution in [-0.4, -0.2) is 32.6 Å². The van der Waals surface area contributed by atoms with E-state index in [0.717, 1.165) is 33.7 Å². The van der Waals surface area contributed by atoms with Crippen molar-refractivity contribution >= 4 is 23.4 Å². The van der Waals surface area contributed by atoms with Gasteiger partial charge in [0.15, 0.2) is 5.82 Å². The van der Waals surface area contributed by atoms with Crippen LogP contribution in [0.1, 0.15) is 29.7 Å². The molecule has 0 radical (unpaired) electrons. The van der Waals surface area contributed by atoms with E-state index in [1.54, 1.807) is 0 Å². The number of nitrogens with one attached hydrogen (secondary N) is 2. The van der Waals surface area contributed by atoms with Crippen molar-refractivity contribution in [3.05, 3.63) is 89.5 Å². The van der Waals surface area contributed by atoms with E-state index in [1.165, 1.54) is 11.8 Å². The third-order valence-corrected chi connectivity index (χ3v) is 7.13. The van der Waals surface area contributed by atoms with Crippen molar-refractivity contribution in [2.24, 2.45) is 0 Å². The van der Waals surface area contributed by atoms with Crippen LogP contribution >= 0.6 is 11.8 Å². The van der Waals surface area contributed by atoms with Crippen molar-refractivity contribution in [3.63, 3.8) is 0 Å². The normalized spacial score (nSPS) is 16.8. The second-order valence-electron chi connectivity index (χ2n) is 8.46. The number of amides is 1. The number of thioether (sulfide) groups is 1. The first-order valence-corrected chi connectivity index (χ1v) is 12.5. The average Bonchev–Trinajstić information content (AvgIpc) is 3.29. The van der Waals surface area contributed by atoms with Gasteiger partial charge in [0.2, 0.25) is 11.1 Å². The van der Waals surface area contributed by atoms with Crippen LogP contribution in [0.3, 0.4) is 0 Å². The lowest BCUT2D eigenvalue weighted by Crippen LogP contribution is -2.41. The van der Waals surface area contributed by atoms with E-state index in [-0.39, 0.29) is 11.9 Å². The molecule has 1 aliphatic heterocycles. The maximum atomic E-state index is 13.6. The zero-order valence-electron chi connectivity index (χ0n) is 19.9. The highest BCUT2D eigenvalue weighted by Gasteiger charge is 2.38. The molecule has 2 N–H and O–H groups in total. The van der Waals surface area contributed by atoms with Gasteiger partial charge in [-0.25, -0.2) is 4.68 Å². The number of carbonyl (C=O) groups excluding carboxylic acids is 1. The van der Waals surface area contributed by atoms with Crippen molar-refractivity contribution in [2.45, 2.75) is 37.2 Å². The van der Waals surface area contributed by atoms with Gasteiger partial charge >= 0.3 is 0 Å². The molecular formula is C27H27N5O2S. The van der Waals surface area contributed by atoms with Crippen LogP contribution in [0, 0.1) is 13.8 Å². The minimum Gasteiger partial charge on any atom is -0.494 e. The van der Waals surface area contributed by atoms with Crippen LogP contribution in [-0.2, 0) is 4.79 Å². The Balaban J connectivity index is 1.50. The number of rotatable bonds is 6. The highest BCUT2D eigenvalue weighted by Crippen LogP contribution is 2.39. The molecule has 5 rings (SSSR count). The minimum absolute atomic E-state index is 0.0937. The first-order chi connectivity index (χ1) is 17.0. The molecule has 2 heterocycles. The number of ether oxygens (including phenoxy) is 1. The molecule has 1 aromatic heterocycles. The largest absolute Gasteiger partial charge is 0.494 e.